The zero-order valence-electron chi connectivity index (χ0n) is 19.8. The highest BCUT2D eigenvalue weighted by Gasteiger charge is 2.25. The number of rotatable bonds is 4. The smallest absolute Gasteiger partial charge is 0.262 e. The number of fused-ring (bicyclic) bond motifs is 3. The second kappa shape index (κ2) is 9.57. The highest BCUT2D eigenvalue weighted by atomic mass is 32.1. The van der Waals surface area contributed by atoms with Crippen molar-refractivity contribution < 1.29 is 9.18 Å². The van der Waals surface area contributed by atoms with E-state index in [1.807, 2.05) is 63.9 Å². The van der Waals surface area contributed by atoms with Crippen LogP contribution in [-0.2, 0) is 11.3 Å². The number of carbonyl (C=O) groups excluding carboxylic acids is 1. The van der Waals surface area contributed by atoms with Gasteiger partial charge in [0.05, 0.1) is 21.5 Å². The lowest BCUT2D eigenvalue weighted by Gasteiger charge is -2.36. The van der Waals surface area contributed by atoms with Crippen molar-refractivity contribution in [3.8, 4) is 10.4 Å². The molecule has 1 saturated heterocycles. The molecule has 0 N–H and O–H groups in total. The second-order valence-corrected chi connectivity index (χ2v) is 10.6. The van der Waals surface area contributed by atoms with Crippen LogP contribution in [0.2, 0.25) is 0 Å². The number of aromatic nitrogens is 2. The normalized spacial score (nSPS) is 14.0. The van der Waals surface area contributed by atoms with Crippen molar-refractivity contribution in [2.45, 2.75) is 6.54 Å². The zero-order chi connectivity index (χ0) is 25.5. The molecule has 186 valence electrons. The molecule has 0 unspecified atom stereocenters. The second-order valence-electron chi connectivity index (χ2n) is 8.95. The largest absolute Gasteiger partial charge is 0.366 e. The molecule has 1 fully saturated rings. The maximum absolute atomic E-state index is 14.2. The molecule has 0 spiro atoms. The first-order valence-electron chi connectivity index (χ1n) is 12.0. The lowest BCUT2D eigenvalue weighted by atomic mass is 10.2. The Balaban J connectivity index is 1.39. The molecule has 0 aliphatic carbocycles. The fourth-order valence-corrected chi connectivity index (χ4v) is 6.41. The lowest BCUT2D eigenvalue weighted by Crippen LogP contribution is -2.50. The van der Waals surface area contributed by atoms with Crippen LogP contribution in [0, 0.1) is 9.77 Å². The standard InChI is InChI=1S/C28H23FN4O2S2/c29-21-11-5-7-13-23(21)30-14-16-31(17-15-30)24(34)18-32-26-25(19-8-2-1-3-9-19)37-28(36)33(26)22-12-6-4-10-20(22)27(32)35/h1-13H,14-18H2. The van der Waals surface area contributed by atoms with E-state index in [2.05, 4.69) is 0 Å². The Morgan fingerprint density at radius 3 is 2.32 bits per heavy atom. The summed E-state index contributed by atoms with van der Waals surface area (Å²) in [7, 11) is 0. The maximum atomic E-state index is 14.2. The van der Waals surface area contributed by atoms with Gasteiger partial charge in [0, 0.05) is 26.2 Å². The quantitative estimate of drug-likeness (QED) is 0.300. The summed E-state index contributed by atoms with van der Waals surface area (Å²) in [5.41, 5.74) is 2.62. The van der Waals surface area contributed by atoms with Crippen LogP contribution < -0.4 is 10.5 Å². The number of hydrogen-bond donors (Lipinski definition) is 0. The SMILES string of the molecule is O=C(Cn1c(=O)c2ccccc2n2c(=S)sc(-c3ccccc3)c12)N1CCN(c2ccccc2F)CC1. The number of thiazole rings is 1. The average Bonchev–Trinajstić information content (AvgIpc) is 3.29. The van der Waals surface area contributed by atoms with Gasteiger partial charge in [0.25, 0.3) is 5.56 Å². The van der Waals surface area contributed by atoms with Crippen LogP contribution in [0.1, 0.15) is 0 Å². The number of hydrogen-bond acceptors (Lipinski definition) is 5. The molecule has 6 rings (SSSR count). The van der Waals surface area contributed by atoms with Crippen LogP contribution in [0.5, 0.6) is 0 Å². The predicted molar refractivity (Wildman–Crippen MR) is 149 cm³/mol. The van der Waals surface area contributed by atoms with E-state index in [1.165, 1.54) is 17.4 Å². The van der Waals surface area contributed by atoms with Gasteiger partial charge in [0.2, 0.25) is 5.91 Å². The monoisotopic (exact) mass is 530 g/mol. The summed E-state index contributed by atoms with van der Waals surface area (Å²) in [6.07, 6.45) is 0. The van der Waals surface area contributed by atoms with Gasteiger partial charge in [-0.15, -0.1) is 11.3 Å². The first-order chi connectivity index (χ1) is 18.0. The molecule has 0 bridgehead atoms. The number of para-hydroxylation sites is 2. The van der Waals surface area contributed by atoms with Gasteiger partial charge >= 0.3 is 0 Å². The Morgan fingerprint density at radius 1 is 0.892 bits per heavy atom. The van der Waals surface area contributed by atoms with Gasteiger partial charge in [-0.25, -0.2) is 4.39 Å². The zero-order valence-corrected chi connectivity index (χ0v) is 21.5. The summed E-state index contributed by atoms with van der Waals surface area (Å²) < 4.78 is 18.3. The molecule has 2 aromatic heterocycles. The van der Waals surface area contributed by atoms with Gasteiger partial charge in [0.1, 0.15) is 18.0 Å². The molecule has 1 aliphatic rings. The average molecular weight is 531 g/mol. The minimum absolute atomic E-state index is 0.0990. The van der Waals surface area contributed by atoms with Crippen LogP contribution >= 0.6 is 23.6 Å². The third kappa shape index (κ3) is 4.14. The Morgan fingerprint density at radius 2 is 1.57 bits per heavy atom. The minimum Gasteiger partial charge on any atom is -0.366 e. The predicted octanol–water partition coefficient (Wildman–Crippen LogP) is 5.20. The molecular weight excluding hydrogens is 507 g/mol. The van der Waals surface area contributed by atoms with Gasteiger partial charge in [0.15, 0.2) is 3.95 Å². The minimum atomic E-state index is -0.268. The fourth-order valence-electron chi connectivity index (χ4n) is 4.98. The Kier molecular flexibility index (Phi) is 6.10. The van der Waals surface area contributed by atoms with Gasteiger partial charge in [-0.05, 0) is 42.0 Å². The molecule has 3 heterocycles. The van der Waals surface area contributed by atoms with E-state index in [9.17, 15) is 14.0 Å². The molecule has 9 heteroatoms. The Labute approximate surface area is 221 Å². The number of piperazine rings is 1. The van der Waals surface area contributed by atoms with Crippen molar-refractivity contribution in [2.24, 2.45) is 0 Å². The van der Waals surface area contributed by atoms with Gasteiger partial charge in [-0.1, -0.05) is 54.6 Å². The summed E-state index contributed by atoms with van der Waals surface area (Å²) in [5, 5.41) is 0.515. The molecular formula is C28H23FN4O2S2. The van der Waals surface area contributed by atoms with Crippen molar-refractivity contribution in [3.05, 3.63) is 99.0 Å². The van der Waals surface area contributed by atoms with Crippen LogP contribution in [0.15, 0.2) is 83.7 Å². The van der Waals surface area contributed by atoms with Crippen LogP contribution in [0.3, 0.4) is 0 Å². The molecule has 0 saturated carbocycles. The van der Waals surface area contributed by atoms with Gasteiger partial charge in [-0.2, -0.15) is 0 Å². The molecule has 6 nitrogen and oxygen atoms in total. The number of amides is 1. The number of nitrogens with zero attached hydrogens (tertiary/aromatic N) is 4. The van der Waals surface area contributed by atoms with Gasteiger partial charge < -0.3 is 9.80 Å². The third-order valence-corrected chi connectivity index (χ3v) is 8.23. The summed E-state index contributed by atoms with van der Waals surface area (Å²) in [6.45, 7) is 1.85. The summed E-state index contributed by atoms with van der Waals surface area (Å²) in [5.74, 6) is -0.418. The Hall–Kier alpha value is -3.82. The number of halogens is 1. The molecule has 0 radical (unpaired) electrons. The van der Waals surface area contributed by atoms with Gasteiger partial charge in [-0.3, -0.25) is 18.6 Å². The molecule has 1 aliphatic heterocycles. The van der Waals surface area contributed by atoms with Crippen LogP contribution in [0.4, 0.5) is 10.1 Å². The molecule has 0 atom stereocenters. The van der Waals surface area contributed by atoms with Crippen molar-refractivity contribution in [2.75, 3.05) is 31.1 Å². The molecule has 5 aromatic rings. The lowest BCUT2D eigenvalue weighted by molar-refractivity contribution is -0.132. The van der Waals surface area contributed by atoms with Crippen LogP contribution in [0.25, 0.3) is 27.0 Å². The van der Waals surface area contributed by atoms with Crippen molar-refractivity contribution >= 4 is 51.7 Å². The van der Waals surface area contributed by atoms with E-state index in [0.29, 0.717) is 46.9 Å². The van der Waals surface area contributed by atoms with E-state index in [4.69, 9.17) is 12.2 Å². The summed E-state index contributed by atoms with van der Waals surface area (Å²) >= 11 is 7.18. The highest BCUT2D eigenvalue weighted by Crippen LogP contribution is 2.33. The van der Waals surface area contributed by atoms with E-state index >= 15 is 0 Å². The molecule has 1 amide bonds. The number of anilines is 1. The summed E-state index contributed by atoms with van der Waals surface area (Å²) in [6, 6.07) is 23.8. The van der Waals surface area contributed by atoms with E-state index in [0.717, 1.165) is 16.0 Å². The number of carbonyl (C=O) groups is 1. The number of benzene rings is 3. The van der Waals surface area contributed by atoms with Crippen molar-refractivity contribution in [1.29, 1.82) is 0 Å². The summed E-state index contributed by atoms with van der Waals surface area (Å²) in [4.78, 5) is 31.8. The molecule has 37 heavy (non-hydrogen) atoms. The highest BCUT2D eigenvalue weighted by molar-refractivity contribution is 7.73. The van der Waals surface area contributed by atoms with Crippen molar-refractivity contribution in [1.82, 2.24) is 13.9 Å². The maximum Gasteiger partial charge on any atom is 0.262 e. The van der Waals surface area contributed by atoms with E-state index in [1.54, 1.807) is 27.7 Å². The first-order valence-corrected chi connectivity index (χ1v) is 13.2. The molecule has 3 aromatic carbocycles. The van der Waals surface area contributed by atoms with E-state index < -0.39 is 0 Å². The third-order valence-electron chi connectivity index (χ3n) is 6.82. The van der Waals surface area contributed by atoms with Crippen molar-refractivity contribution in [3.63, 3.8) is 0 Å². The topological polar surface area (TPSA) is 50.0 Å². The van der Waals surface area contributed by atoms with E-state index in [-0.39, 0.29) is 23.8 Å². The first kappa shape index (κ1) is 23.6. The Bertz CT molecular complexity index is 1750. The fraction of sp³-hybridized carbons (Fsp3) is 0.179. The van der Waals surface area contributed by atoms with Crippen LogP contribution in [-0.4, -0.2) is 46.0 Å².